The third-order valence-corrected chi connectivity index (χ3v) is 5.07. The van der Waals surface area contributed by atoms with Crippen molar-refractivity contribution in [1.82, 2.24) is 20.1 Å². The number of thiazole rings is 1. The zero-order chi connectivity index (χ0) is 17.1. The zero-order valence-corrected chi connectivity index (χ0v) is 15.8. The molecule has 1 amide bonds. The lowest BCUT2D eigenvalue weighted by Crippen LogP contribution is -2.26. The van der Waals surface area contributed by atoms with Gasteiger partial charge in [0.05, 0.1) is 17.0 Å². The van der Waals surface area contributed by atoms with E-state index in [1.165, 1.54) is 0 Å². The van der Waals surface area contributed by atoms with Gasteiger partial charge < -0.3 is 5.32 Å². The Balaban J connectivity index is 1.59. The Kier molecular flexibility index (Phi) is 5.11. The van der Waals surface area contributed by atoms with Crippen molar-refractivity contribution >= 4 is 33.2 Å². The maximum atomic E-state index is 12.2. The SMILES string of the molecule is Cc1cc(C)n(-c2nc(CCNC(=O)c3ccccc3Br)cs2)n1. The number of aryl methyl sites for hydroxylation is 2. The Morgan fingerprint density at radius 2 is 2.12 bits per heavy atom. The van der Waals surface area contributed by atoms with Crippen molar-refractivity contribution in [2.45, 2.75) is 20.3 Å². The number of aromatic nitrogens is 3. The molecule has 0 saturated carbocycles. The molecule has 124 valence electrons. The Labute approximate surface area is 152 Å². The van der Waals surface area contributed by atoms with Gasteiger partial charge in [0.15, 0.2) is 0 Å². The number of amides is 1. The summed E-state index contributed by atoms with van der Waals surface area (Å²) in [5.74, 6) is -0.0866. The Bertz CT molecular complexity index is 871. The highest BCUT2D eigenvalue weighted by Gasteiger charge is 2.11. The summed E-state index contributed by atoms with van der Waals surface area (Å²) < 4.78 is 2.64. The molecular formula is C17H17BrN4OS. The average molecular weight is 405 g/mol. The van der Waals surface area contributed by atoms with Crippen LogP contribution in [0.2, 0.25) is 0 Å². The summed E-state index contributed by atoms with van der Waals surface area (Å²) in [4.78, 5) is 16.8. The molecule has 0 spiro atoms. The van der Waals surface area contributed by atoms with E-state index in [2.05, 4.69) is 31.3 Å². The van der Waals surface area contributed by atoms with E-state index in [9.17, 15) is 4.79 Å². The number of hydrogen-bond donors (Lipinski definition) is 1. The lowest BCUT2D eigenvalue weighted by atomic mass is 10.2. The summed E-state index contributed by atoms with van der Waals surface area (Å²) in [6, 6.07) is 9.41. The Hall–Kier alpha value is -1.99. The van der Waals surface area contributed by atoms with E-state index in [-0.39, 0.29) is 5.91 Å². The van der Waals surface area contributed by atoms with Gasteiger partial charge in [-0.25, -0.2) is 9.67 Å². The summed E-state index contributed by atoms with van der Waals surface area (Å²) in [6.45, 7) is 4.52. The van der Waals surface area contributed by atoms with Gasteiger partial charge in [0.25, 0.3) is 5.91 Å². The third kappa shape index (κ3) is 3.73. The second kappa shape index (κ2) is 7.27. The number of carbonyl (C=O) groups is 1. The lowest BCUT2D eigenvalue weighted by Gasteiger charge is -2.05. The monoisotopic (exact) mass is 404 g/mol. The second-order valence-electron chi connectivity index (χ2n) is 5.45. The fourth-order valence-electron chi connectivity index (χ4n) is 2.38. The molecule has 0 unspecified atom stereocenters. The highest BCUT2D eigenvalue weighted by molar-refractivity contribution is 9.10. The molecule has 3 aromatic rings. The molecule has 3 rings (SSSR count). The van der Waals surface area contributed by atoms with Crippen LogP contribution in [0.4, 0.5) is 0 Å². The molecule has 0 saturated heterocycles. The van der Waals surface area contributed by atoms with E-state index in [0.29, 0.717) is 18.5 Å². The van der Waals surface area contributed by atoms with Gasteiger partial charge in [-0.1, -0.05) is 12.1 Å². The number of halogens is 1. The van der Waals surface area contributed by atoms with Crippen LogP contribution >= 0.6 is 27.3 Å². The minimum absolute atomic E-state index is 0.0866. The van der Waals surface area contributed by atoms with Crippen LogP contribution in [0, 0.1) is 13.8 Å². The first-order valence-corrected chi connectivity index (χ1v) is 9.22. The summed E-state index contributed by atoms with van der Waals surface area (Å²) in [5.41, 5.74) is 3.63. The lowest BCUT2D eigenvalue weighted by molar-refractivity contribution is 0.0953. The van der Waals surface area contributed by atoms with Gasteiger partial charge in [0, 0.05) is 28.5 Å². The zero-order valence-electron chi connectivity index (χ0n) is 13.4. The largest absolute Gasteiger partial charge is 0.352 e. The maximum absolute atomic E-state index is 12.2. The van der Waals surface area contributed by atoms with E-state index >= 15 is 0 Å². The standard InChI is InChI=1S/C17H17BrN4OS/c1-11-9-12(2)22(21-11)17-20-13(10-24-17)7-8-19-16(23)14-5-3-4-6-15(14)18/h3-6,9-10H,7-8H2,1-2H3,(H,19,23). The van der Waals surface area contributed by atoms with Gasteiger partial charge in [-0.3, -0.25) is 4.79 Å². The van der Waals surface area contributed by atoms with Crippen LogP contribution in [0.3, 0.4) is 0 Å². The molecule has 0 fully saturated rings. The van der Waals surface area contributed by atoms with Crippen LogP contribution < -0.4 is 5.32 Å². The van der Waals surface area contributed by atoms with E-state index in [4.69, 9.17) is 0 Å². The van der Waals surface area contributed by atoms with Crippen LogP contribution in [0.15, 0.2) is 40.2 Å². The number of carbonyl (C=O) groups excluding carboxylic acids is 1. The van der Waals surface area contributed by atoms with Crippen molar-refractivity contribution < 1.29 is 4.79 Å². The number of rotatable bonds is 5. The van der Waals surface area contributed by atoms with Crippen LogP contribution in [-0.4, -0.2) is 27.2 Å². The molecule has 24 heavy (non-hydrogen) atoms. The smallest absolute Gasteiger partial charge is 0.252 e. The molecule has 0 bridgehead atoms. The van der Waals surface area contributed by atoms with Crippen LogP contribution in [0.1, 0.15) is 27.4 Å². The van der Waals surface area contributed by atoms with Crippen LogP contribution in [0.5, 0.6) is 0 Å². The summed E-state index contributed by atoms with van der Waals surface area (Å²) >= 11 is 4.95. The number of benzene rings is 1. The topological polar surface area (TPSA) is 59.8 Å². The summed E-state index contributed by atoms with van der Waals surface area (Å²) in [5, 5.41) is 10.2. The minimum atomic E-state index is -0.0866. The summed E-state index contributed by atoms with van der Waals surface area (Å²) in [7, 11) is 0. The molecule has 2 aromatic heterocycles. The quantitative estimate of drug-likeness (QED) is 0.705. The van der Waals surface area contributed by atoms with Gasteiger partial charge in [-0.05, 0) is 48.0 Å². The van der Waals surface area contributed by atoms with E-state index in [1.54, 1.807) is 17.4 Å². The molecule has 0 aliphatic carbocycles. The first-order chi connectivity index (χ1) is 11.5. The van der Waals surface area contributed by atoms with Gasteiger partial charge in [-0.15, -0.1) is 11.3 Å². The van der Waals surface area contributed by atoms with E-state index in [0.717, 1.165) is 26.7 Å². The number of nitrogens with zero attached hydrogens (tertiary/aromatic N) is 3. The van der Waals surface area contributed by atoms with Crippen LogP contribution in [0.25, 0.3) is 5.13 Å². The molecule has 1 aromatic carbocycles. The predicted molar refractivity (Wildman–Crippen MR) is 98.9 cm³/mol. The molecule has 1 N–H and O–H groups in total. The Morgan fingerprint density at radius 3 is 2.83 bits per heavy atom. The fraction of sp³-hybridized carbons (Fsp3) is 0.235. The van der Waals surface area contributed by atoms with Gasteiger partial charge >= 0.3 is 0 Å². The molecule has 0 radical (unpaired) electrons. The van der Waals surface area contributed by atoms with Crippen molar-refractivity contribution in [3.05, 3.63) is 62.8 Å². The van der Waals surface area contributed by atoms with Crippen molar-refractivity contribution in [2.24, 2.45) is 0 Å². The minimum Gasteiger partial charge on any atom is -0.352 e. The van der Waals surface area contributed by atoms with E-state index < -0.39 is 0 Å². The summed E-state index contributed by atoms with van der Waals surface area (Å²) in [6.07, 6.45) is 0.686. The molecule has 7 heteroatoms. The third-order valence-electron chi connectivity index (χ3n) is 3.52. The maximum Gasteiger partial charge on any atom is 0.252 e. The molecule has 2 heterocycles. The normalized spacial score (nSPS) is 10.8. The number of nitrogens with one attached hydrogen (secondary N) is 1. The number of hydrogen-bond acceptors (Lipinski definition) is 4. The van der Waals surface area contributed by atoms with Crippen molar-refractivity contribution in [3.63, 3.8) is 0 Å². The van der Waals surface area contributed by atoms with Crippen molar-refractivity contribution in [1.29, 1.82) is 0 Å². The molecule has 5 nitrogen and oxygen atoms in total. The second-order valence-corrected chi connectivity index (χ2v) is 7.14. The molecule has 0 aliphatic heterocycles. The fourth-order valence-corrected chi connectivity index (χ4v) is 3.71. The van der Waals surface area contributed by atoms with Gasteiger partial charge in [0.2, 0.25) is 5.13 Å². The highest BCUT2D eigenvalue weighted by Crippen LogP contribution is 2.18. The molecule has 0 aliphatic rings. The molecule has 0 atom stereocenters. The highest BCUT2D eigenvalue weighted by atomic mass is 79.9. The first-order valence-electron chi connectivity index (χ1n) is 7.55. The van der Waals surface area contributed by atoms with Crippen LogP contribution in [-0.2, 0) is 6.42 Å². The average Bonchev–Trinajstić information content (AvgIpc) is 3.13. The van der Waals surface area contributed by atoms with Crippen molar-refractivity contribution in [3.8, 4) is 5.13 Å². The van der Waals surface area contributed by atoms with Gasteiger partial charge in [-0.2, -0.15) is 5.10 Å². The van der Waals surface area contributed by atoms with E-state index in [1.807, 2.05) is 48.2 Å². The van der Waals surface area contributed by atoms with Crippen molar-refractivity contribution in [2.75, 3.05) is 6.54 Å². The van der Waals surface area contributed by atoms with Gasteiger partial charge in [0.1, 0.15) is 0 Å². The molecular weight excluding hydrogens is 388 g/mol. The predicted octanol–water partition coefficient (Wildman–Crippen LogP) is 3.68. The first kappa shape index (κ1) is 16.9. The Morgan fingerprint density at radius 1 is 1.33 bits per heavy atom.